The van der Waals surface area contributed by atoms with Gasteiger partial charge in [0.1, 0.15) is 0 Å². The molecule has 1 N–H and O–H groups in total. The van der Waals surface area contributed by atoms with Gasteiger partial charge in [0.2, 0.25) is 0 Å². The Labute approximate surface area is 79.1 Å². The summed E-state index contributed by atoms with van der Waals surface area (Å²) in [6.07, 6.45) is 1.99. The van der Waals surface area contributed by atoms with Crippen LogP contribution >= 0.6 is 23.3 Å². The van der Waals surface area contributed by atoms with E-state index in [-0.39, 0.29) is 0 Å². The lowest BCUT2D eigenvalue weighted by Gasteiger charge is -1.90. The van der Waals surface area contributed by atoms with Crippen molar-refractivity contribution in [3.63, 3.8) is 0 Å². The number of nitrogens with one attached hydrogen (secondary N) is 1. The van der Waals surface area contributed by atoms with Crippen LogP contribution in [0.1, 0.15) is 0 Å². The van der Waals surface area contributed by atoms with Crippen molar-refractivity contribution in [2.75, 3.05) is 11.0 Å². The molecule has 2 rings (SSSR count). The first-order valence-electron chi connectivity index (χ1n) is 3.55. The van der Waals surface area contributed by atoms with E-state index in [1.54, 1.807) is 23.3 Å². The van der Waals surface area contributed by atoms with Crippen LogP contribution in [-0.4, -0.2) is 11.2 Å². The molecule has 0 aliphatic heterocycles. The molecule has 0 fully saturated rings. The molecular weight excluding hydrogens is 188 g/mol. The molecule has 2 aromatic rings. The molecule has 0 saturated heterocycles. The second-order valence-electron chi connectivity index (χ2n) is 2.29. The number of anilines is 1. The van der Waals surface area contributed by atoms with E-state index >= 15 is 0 Å². The zero-order valence-corrected chi connectivity index (χ0v) is 8.21. The average molecular weight is 196 g/mol. The van der Waals surface area contributed by atoms with E-state index in [2.05, 4.69) is 15.8 Å². The van der Waals surface area contributed by atoms with Crippen molar-refractivity contribution in [3.05, 3.63) is 24.3 Å². The zero-order chi connectivity index (χ0) is 8.39. The van der Waals surface area contributed by atoms with Crippen LogP contribution in [0.4, 0.5) is 5.13 Å². The number of hydrogen-bond acceptors (Lipinski definition) is 4. The monoisotopic (exact) mass is 196 g/mol. The van der Waals surface area contributed by atoms with Crippen molar-refractivity contribution in [2.45, 2.75) is 0 Å². The van der Waals surface area contributed by atoms with Crippen LogP contribution in [-0.2, 0) is 0 Å². The molecule has 0 unspecified atom stereocenters. The summed E-state index contributed by atoms with van der Waals surface area (Å²) in [4.78, 5) is 4.39. The van der Waals surface area contributed by atoms with E-state index in [1.165, 1.54) is 4.70 Å². The van der Waals surface area contributed by atoms with Gasteiger partial charge in [0.05, 0.1) is 10.2 Å². The molecule has 1 aromatic carbocycles. The van der Waals surface area contributed by atoms with Crippen molar-refractivity contribution < 1.29 is 0 Å². The normalized spacial score (nSPS) is 10.4. The van der Waals surface area contributed by atoms with E-state index in [0.717, 1.165) is 10.6 Å². The average Bonchev–Trinajstić information content (AvgIpc) is 2.47. The minimum atomic E-state index is 0.976. The summed E-state index contributed by atoms with van der Waals surface area (Å²) in [5.74, 6) is 0. The number of aromatic nitrogens is 1. The molecular formula is C8H8N2S2. The summed E-state index contributed by atoms with van der Waals surface area (Å²) in [5.41, 5.74) is 1.07. The lowest BCUT2D eigenvalue weighted by molar-refractivity contribution is 1.50. The SMILES string of the molecule is CSNc1nc2ccccc2s1. The minimum Gasteiger partial charge on any atom is -0.306 e. The smallest absolute Gasteiger partial charge is 0.193 e. The van der Waals surface area contributed by atoms with E-state index in [4.69, 9.17) is 0 Å². The van der Waals surface area contributed by atoms with Crippen molar-refractivity contribution in [2.24, 2.45) is 0 Å². The van der Waals surface area contributed by atoms with Gasteiger partial charge in [-0.1, -0.05) is 35.4 Å². The van der Waals surface area contributed by atoms with Crippen LogP contribution in [0.3, 0.4) is 0 Å². The van der Waals surface area contributed by atoms with Crippen molar-refractivity contribution in [3.8, 4) is 0 Å². The van der Waals surface area contributed by atoms with Gasteiger partial charge in [0.25, 0.3) is 0 Å². The number of rotatable bonds is 2. The second-order valence-corrected chi connectivity index (χ2v) is 3.94. The Bertz CT molecular complexity index is 350. The summed E-state index contributed by atoms with van der Waals surface area (Å²) in [6.45, 7) is 0. The molecule has 2 nitrogen and oxygen atoms in total. The fourth-order valence-electron chi connectivity index (χ4n) is 1.00. The molecule has 0 amide bonds. The quantitative estimate of drug-likeness (QED) is 0.747. The van der Waals surface area contributed by atoms with Gasteiger partial charge in [0, 0.05) is 6.26 Å². The van der Waals surface area contributed by atoms with Gasteiger partial charge in [0.15, 0.2) is 5.13 Å². The number of fused-ring (bicyclic) bond motifs is 1. The molecule has 0 aliphatic carbocycles. The van der Waals surface area contributed by atoms with Gasteiger partial charge >= 0.3 is 0 Å². The highest BCUT2D eigenvalue weighted by atomic mass is 32.2. The van der Waals surface area contributed by atoms with E-state index in [1.807, 2.05) is 24.5 Å². The standard InChI is InChI=1S/C8H8N2S2/c1-11-10-8-9-6-4-2-3-5-7(6)12-8/h2-5H,1H3,(H,9,10). The maximum absolute atomic E-state index is 4.39. The fourth-order valence-corrected chi connectivity index (χ4v) is 2.36. The Morgan fingerprint density at radius 1 is 1.42 bits per heavy atom. The summed E-state index contributed by atoms with van der Waals surface area (Å²) in [5, 5.41) is 0.976. The van der Waals surface area contributed by atoms with Crippen LogP contribution < -0.4 is 4.72 Å². The molecule has 0 atom stereocenters. The van der Waals surface area contributed by atoms with Crippen molar-refractivity contribution >= 4 is 38.6 Å². The third-order valence-corrected chi connectivity index (χ3v) is 2.96. The van der Waals surface area contributed by atoms with Gasteiger partial charge in [-0.05, 0) is 12.1 Å². The highest BCUT2D eigenvalue weighted by Gasteiger charge is 2.00. The van der Waals surface area contributed by atoms with Crippen LogP contribution in [0.2, 0.25) is 0 Å². The lowest BCUT2D eigenvalue weighted by Crippen LogP contribution is -1.80. The molecule has 0 spiro atoms. The number of benzene rings is 1. The maximum Gasteiger partial charge on any atom is 0.193 e. The number of nitrogens with zero attached hydrogens (tertiary/aromatic N) is 1. The van der Waals surface area contributed by atoms with Crippen molar-refractivity contribution in [1.29, 1.82) is 0 Å². The summed E-state index contributed by atoms with van der Waals surface area (Å²) < 4.78 is 4.35. The topological polar surface area (TPSA) is 24.9 Å². The molecule has 0 radical (unpaired) electrons. The van der Waals surface area contributed by atoms with Crippen LogP contribution in [0.5, 0.6) is 0 Å². The maximum atomic E-state index is 4.39. The van der Waals surface area contributed by atoms with Crippen LogP contribution in [0.25, 0.3) is 10.2 Å². The molecule has 0 bridgehead atoms. The van der Waals surface area contributed by atoms with Crippen LogP contribution in [0.15, 0.2) is 24.3 Å². The predicted molar refractivity (Wildman–Crippen MR) is 56.8 cm³/mol. The second kappa shape index (κ2) is 3.33. The zero-order valence-electron chi connectivity index (χ0n) is 6.57. The number of hydrogen-bond donors (Lipinski definition) is 1. The number of thiazole rings is 1. The van der Waals surface area contributed by atoms with Gasteiger partial charge < -0.3 is 4.72 Å². The largest absolute Gasteiger partial charge is 0.306 e. The Hall–Kier alpha value is -0.740. The van der Waals surface area contributed by atoms with Gasteiger partial charge in [-0.15, -0.1) is 0 Å². The van der Waals surface area contributed by atoms with Gasteiger partial charge in [-0.25, -0.2) is 4.98 Å². The molecule has 1 heterocycles. The fraction of sp³-hybridized carbons (Fsp3) is 0.125. The Kier molecular flexibility index (Phi) is 2.19. The Morgan fingerprint density at radius 2 is 2.25 bits per heavy atom. The molecule has 0 aliphatic rings. The first-order valence-corrected chi connectivity index (χ1v) is 5.59. The summed E-state index contributed by atoms with van der Waals surface area (Å²) >= 11 is 3.25. The lowest BCUT2D eigenvalue weighted by atomic mass is 10.3. The minimum absolute atomic E-state index is 0.976. The van der Waals surface area contributed by atoms with E-state index in [9.17, 15) is 0 Å². The first kappa shape index (κ1) is 7.89. The molecule has 12 heavy (non-hydrogen) atoms. The van der Waals surface area contributed by atoms with Crippen molar-refractivity contribution in [1.82, 2.24) is 4.98 Å². The van der Waals surface area contributed by atoms with E-state index < -0.39 is 0 Å². The summed E-state index contributed by atoms with van der Waals surface area (Å²) in [7, 11) is 0. The van der Waals surface area contributed by atoms with E-state index in [0.29, 0.717) is 0 Å². The highest BCUT2D eigenvalue weighted by molar-refractivity contribution is 8.00. The molecule has 62 valence electrons. The Morgan fingerprint density at radius 3 is 3.00 bits per heavy atom. The van der Waals surface area contributed by atoms with Crippen LogP contribution in [0, 0.1) is 0 Å². The summed E-state index contributed by atoms with van der Waals surface area (Å²) in [6, 6.07) is 8.14. The predicted octanol–water partition coefficient (Wildman–Crippen LogP) is 2.99. The highest BCUT2D eigenvalue weighted by Crippen LogP contribution is 2.26. The third-order valence-electron chi connectivity index (χ3n) is 1.48. The first-order chi connectivity index (χ1) is 5.90. The molecule has 0 saturated carbocycles. The molecule has 1 aromatic heterocycles. The Balaban J connectivity index is 2.47. The molecule has 4 heteroatoms. The van der Waals surface area contributed by atoms with Gasteiger partial charge in [-0.2, -0.15) is 0 Å². The number of para-hydroxylation sites is 1. The van der Waals surface area contributed by atoms with Gasteiger partial charge in [-0.3, -0.25) is 0 Å². The third kappa shape index (κ3) is 1.40.